The smallest absolute Gasteiger partial charge is 0.102 e. The van der Waals surface area contributed by atoms with E-state index in [1.54, 1.807) is 0 Å². The Hall–Kier alpha value is -1.89. The summed E-state index contributed by atoms with van der Waals surface area (Å²) >= 11 is 0. The van der Waals surface area contributed by atoms with Crippen molar-refractivity contribution in [1.82, 2.24) is 0 Å². The van der Waals surface area contributed by atoms with Crippen molar-refractivity contribution in [2.45, 2.75) is 19.8 Å². The van der Waals surface area contributed by atoms with Crippen LogP contribution in [-0.2, 0) is 0 Å². The summed E-state index contributed by atoms with van der Waals surface area (Å²) in [5, 5.41) is 2.91. The Kier molecular flexibility index (Phi) is 8.34. The van der Waals surface area contributed by atoms with E-state index in [2.05, 4.69) is 132 Å². The molecule has 0 bridgehead atoms. The third-order valence-electron chi connectivity index (χ3n) is 11.3. The minimum absolute atomic E-state index is 0.510. The molecule has 0 unspecified atom stereocenters. The lowest BCUT2D eigenvalue weighted by Gasteiger charge is -2.31. The zero-order chi connectivity index (χ0) is 30.3. The van der Waals surface area contributed by atoms with Crippen LogP contribution >= 0.6 is 0 Å². The molecule has 0 aliphatic carbocycles. The van der Waals surface area contributed by atoms with Crippen LogP contribution in [-0.4, -0.2) is 118 Å². The summed E-state index contributed by atoms with van der Waals surface area (Å²) in [7, 11) is 35.2. The second kappa shape index (κ2) is 10.7. The monoisotopic (exact) mass is 502 g/mol. The normalized spacial score (nSPS) is 11.5. The number of fused-ring (bicyclic) bond motifs is 1. The molecule has 0 atom stereocenters. The van der Waals surface area contributed by atoms with Gasteiger partial charge in [0.1, 0.15) is 118 Å². The minimum Gasteiger partial charge on any atom is -0.102 e. The average molecular weight is 500 g/mol. The highest BCUT2D eigenvalue weighted by atomic mass is 14.2. The lowest BCUT2D eigenvalue weighted by molar-refractivity contribution is 0.881. The van der Waals surface area contributed by atoms with Crippen LogP contribution in [0.3, 0.4) is 0 Å². The Bertz CT molecular complexity index is 1710. The molecule has 0 saturated carbocycles. The number of hydrogen-bond donors (Lipinski definition) is 0. The van der Waals surface area contributed by atoms with Crippen LogP contribution in [0, 0.1) is 0 Å². The first-order valence-corrected chi connectivity index (χ1v) is 15.2. The van der Waals surface area contributed by atoms with Gasteiger partial charge in [-0.05, 0) is 38.9 Å². The molecule has 0 aliphatic heterocycles. The van der Waals surface area contributed by atoms with Gasteiger partial charge in [0.05, 0.1) is 0 Å². The van der Waals surface area contributed by atoms with Crippen molar-refractivity contribution in [2.24, 2.45) is 0 Å². The lowest BCUT2D eigenvalue weighted by atomic mass is 9.55. The molecule has 0 aliphatic rings. The SMILES string of the molecule is Bc1c(B)c(B)c(-c2c(B)c(B)c(B)c3c(B)c(B)c(B)c(-c4c(B)c(B)c(C(C)C)c(B)c4B)c23)c(B)c1B. The molecule has 4 aromatic carbocycles. The largest absolute Gasteiger partial charge is 0.139 e. The molecule has 0 spiro atoms. The number of hydrogen-bond acceptors (Lipinski definition) is 0. The van der Waals surface area contributed by atoms with Crippen LogP contribution in [0.15, 0.2) is 0 Å². The quantitative estimate of drug-likeness (QED) is 0.246. The van der Waals surface area contributed by atoms with Crippen molar-refractivity contribution in [3.05, 3.63) is 5.56 Å². The molecular formula is C25H37B15. The molecular weight excluding hydrogens is 462 g/mol. The van der Waals surface area contributed by atoms with Gasteiger partial charge in [-0.25, -0.2) is 0 Å². The molecule has 40 heavy (non-hydrogen) atoms. The van der Waals surface area contributed by atoms with E-state index in [1.807, 2.05) is 0 Å². The van der Waals surface area contributed by atoms with Crippen LogP contribution in [0.25, 0.3) is 33.0 Å². The first kappa shape index (κ1) is 31.1. The third kappa shape index (κ3) is 4.27. The molecule has 0 saturated heterocycles. The van der Waals surface area contributed by atoms with E-state index in [1.165, 1.54) is 121 Å². The van der Waals surface area contributed by atoms with Crippen LogP contribution < -0.4 is 81.9 Å². The summed E-state index contributed by atoms with van der Waals surface area (Å²) in [4.78, 5) is 0. The summed E-state index contributed by atoms with van der Waals surface area (Å²) in [5.74, 6) is 0.510. The van der Waals surface area contributed by atoms with Gasteiger partial charge in [0.25, 0.3) is 0 Å². The van der Waals surface area contributed by atoms with Crippen LogP contribution in [0.2, 0.25) is 0 Å². The van der Waals surface area contributed by atoms with Crippen LogP contribution in [0.4, 0.5) is 0 Å². The zero-order valence-electron chi connectivity index (χ0n) is 28.6. The predicted molar refractivity (Wildman–Crippen MR) is 232 cm³/mol. The van der Waals surface area contributed by atoms with Gasteiger partial charge in [-0.3, -0.25) is 0 Å². The van der Waals surface area contributed by atoms with Gasteiger partial charge >= 0.3 is 0 Å². The van der Waals surface area contributed by atoms with Crippen molar-refractivity contribution in [3.8, 4) is 22.3 Å². The van der Waals surface area contributed by atoms with Gasteiger partial charge in [-0.15, -0.1) is 27.3 Å². The summed E-state index contributed by atoms with van der Waals surface area (Å²) in [6, 6.07) is 0. The van der Waals surface area contributed by atoms with Crippen LogP contribution in [0.5, 0.6) is 0 Å². The molecule has 0 heterocycles. The average Bonchev–Trinajstić information content (AvgIpc) is 2.90. The maximum atomic E-state index is 2.37. The van der Waals surface area contributed by atoms with Gasteiger partial charge < -0.3 is 0 Å². The minimum atomic E-state index is 0.510. The molecule has 0 amide bonds. The molecule has 4 aromatic rings. The van der Waals surface area contributed by atoms with E-state index in [4.69, 9.17) is 0 Å². The molecule has 182 valence electrons. The molecule has 0 radical (unpaired) electrons. The first-order valence-electron chi connectivity index (χ1n) is 15.2. The molecule has 4 rings (SSSR count). The van der Waals surface area contributed by atoms with Crippen molar-refractivity contribution in [3.63, 3.8) is 0 Å². The first-order chi connectivity index (χ1) is 18.5. The molecule has 15 heteroatoms. The molecule has 0 nitrogen and oxygen atoms in total. The summed E-state index contributed by atoms with van der Waals surface area (Å²) < 4.78 is 0. The van der Waals surface area contributed by atoms with Crippen molar-refractivity contribution in [1.29, 1.82) is 0 Å². The maximum absolute atomic E-state index is 2.37. The molecule has 0 fully saturated rings. The van der Waals surface area contributed by atoms with E-state index in [9.17, 15) is 0 Å². The zero-order valence-corrected chi connectivity index (χ0v) is 28.6. The molecule has 0 N–H and O–H groups in total. The second-order valence-corrected chi connectivity index (χ2v) is 13.2. The summed E-state index contributed by atoms with van der Waals surface area (Å²) in [5.41, 5.74) is 28.7. The highest BCUT2D eigenvalue weighted by molar-refractivity contribution is 6.73. The van der Waals surface area contributed by atoms with Crippen molar-refractivity contribution < 1.29 is 0 Å². The van der Waals surface area contributed by atoms with Gasteiger partial charge in [-0.1, -0.05) is 74.0 Å². The second-order valence-electron chi connectivity index (χ2n) is 13.2. The van der Waals surface area contributed by atoms with Gasteiger partial charge in [0.15, 0.2) is 0 Å². The Morgan fingerprint density at radius 3 is 0.850 bits per heavy atom. The van der Waals surface area contributed by atoms with Crippen molar-refractivity contribution in [2.75, 3.05) is 0 Å². The Balaban J connectivity index is 2.45. The fourth-order valence-corrected chi connectivity index (χ4v) is 7.80. The van der Waals surface area contributed by atoms with E-state index in [0.29, 0.717) is 5.92 Å². The standard InChI is InChI=1S/C25H37B15/c1-3(2)4-11(26)15(30)9(16(31)12(4)27)6-5-7(10-19(34)23(38)25(40)24(39)20(10)35)14(29)22(37)18(33)8(5)17(32)21(36)13(6)28/h3H,26-40H2,1-2H3. The van der Waals surface area contributed by atoms with Gasteiger partial charge in [-0.2, -0.15) is 0 Å². The fraction of sp³-hybridized carbons (Fsp3) is 0.120. The lowest BCUT2D eigenvalue weighted by Crippen LogP contribution is -2.56. The van der Waals surface area contributed by atoms with E-state index < -0.39 is 0 Å². The van der Waals surface area contributed by atoms with E-state index in [-0.39, 0.29) is 0 Å². The van der Waals surface area contributed by atoms with Crippen LogP contribution in [0.1, 0.15) is 25.3 Å². The van der Waals surface area contributed by atoms with Crippen molar-refractivity contribution >= 4 is 210 Å². The fourth-order valence-electron chi connectivity index (χ4n) is 7.80. The molecule has 0 aromatic heterocycles. The topological polar surface area (TPSA) is 0 Å². The Morgan fingerprint density at radius 2 is 0.525 bits per heavy atom. The Morgan fingerprint density at radius 1 is 0.275 bits per heavy atom. The number of rotatable bonds is 3. The maximum Gasteiger partial charge on any atom is 0.139 e. The number of benzene rings is 4. The van der Waals surface area contributed by atoms with Gasteiger partial charge in [0.2, 0.25) is 0 Å². The van der Waals surface area contributed by atoms with Gasteiger partial charge in [0, 0.05) is 0 Å². The van der Waals surface area contributed by atoms with E-state index in [0.717, 1.165) is 0 Å². The predicted octanol–water partition coefficient (Wildman–Crippen LogP) is -18.8. The Labute approximate surface area is 257 Å². The third-order valence-corrected chi connectivity index (χ3v) is 11.3. The summed E-state index contributed by atoms with van der Waals surface area (Å²) in [6.07, 6.45) is 0. The highest BCUT2D eigenvalue weighted by Crippen LogP contribution is 2.29. The van der Waals surface area contributed by atoms with E-state index >= 15 is 0 Å². The highest BCUT2D eigenvalue weighted by Gasteiger charge is 2.26. The summed E-state index contributed by atoms with van der Waals surface area (Å²) in [6.45, 7) is 4.68.